The highest BCUT2D eigenvalue weighted by atomic mass is 16.2. The van der Waals surface area contributed by atoms with E-state index in [1.54, 1.807) is 18.6 Å². The van der Waals surface area contributed by atoms with Crippen LogP contribution in [0, 0.1) is 5.41 Å². The SMILES string of the molecule is N=C1CCC(c2cnccn2)N1C(=O)NC1CCC1. The molecule has 6 nitrogen and oxygen atoms in total. The molecular formula is C13H17N5O. The highest BCUT2D eigenvalue weighted by Crippen LogP contribution is 2.32. The van der Waals surface area contributed by atoms with Gasteiger partial charge in [0.2, 0.25) is 0 Å². The number of amidine groups is 1. The smallest absolute Gasteiger partial charge is 0.323 e. The number of carbonyl (C=O) groups excluding carboxylic acids is 1. The van der Waals surface area contributed by atoms with E-state index < -0.39 is 0 Å². The Bertz CT molecular complexity index is 485. The van der Waals surface area contributed by atoms with Gasteiger partial charge in [0, 0.05) is 24.9 Å². The number of hydrogen-bond donors (Lipinski definition) is 2. The maximum Gasteiger partial charge on any atom is 0.323 e. The zero-order valence-electron chi connectivity index (χ0n) is 10.7. The van der Waals surface area contributed by atoms with Crippen molar-refractivity contribution in [3.63, 3.8) is 0 Å². The number of amides is 2. The number of carbonyl (C=O) groups is 1. The van der Waals surface area contributed by atoms with E-state index in [1.807, 2.05) is 0 Å². The molecule has 0 aromatic carbocycles. The number of nitrogens with zero attached hydrogens (tertiary/aromatic N) is 3. The first-order valence-corrected chi connectivity index (χ1v) is 6.69. The maximum absolute atomic E-state index is 12.3. The van der Waals surface area contributed by atoms with Crippen molar-refractivity contribution < 1.29 is 4.79 Å². The van der Waals surface area contributed by atoms with Crippen LogP contribution >= 0.6 is 0 Å². The summed E-state index contributed by atoms with van der Waals surface area (Å²) in [6.45, 7) is 0. The average Bonchev–Trinajstić information content (AvgIpc) is 2.77. The van der Waals surface area contributed by atoms with E-state index >= 15 is 0 Å². The molecule has 0 radical (unpaired) electrons. The summed E-state index contributed by atoms with van der Waals surface area (Å²) in [7, 11) is 0. The maximum atomic E-state index is 12.3. The van der Waals surface area contributed by atoms with Crippen LogP contribution in [0.3, 0.4) is 0 Å². The molecule has 3 rings (SSSR count). The average molecular weight is 259 g/mol. The van der Waals surface area contributed by atoms with Crippen LogP contribution in [0.5, 0.6) is 0 Å². The molecule has 2 heterocycles. The number of urea groups is 1. The predicted molar refractivity (Wildman–Crippen MR) is 69.7 cm³/mol. The molecule has 1 saturated heterocycles. The van der Waals surface area contributed by atoms with Crippen LogP contribution in [0.25, 0.3) is 0 Å². The lowest BCUT2D eigenvalue weighted by atomic mass is 9.93. The minimum absolute atomic E-state index is 0.152. The summed E-state index contributed by atoms with van der Waals surface area (Å²) in [5.41, 5.74) is 0.758. The van der Waals surface area contributed by atoms with Gasteiger partial charge >= 0.3 is 6.03 Å². The Labute approximate surface area is 111 Å². The second kappa shape index (κ2) is 4.95. The van der Waals surface area contributed by atoms with E-state index in [0.717, 1.165) is 25.0 Å². The van der Waals surface area contributed by atoms with E-state index in [2.05, 4.69) is 15.3 Å². The molecule has 0 bridgehead atoms. The third-order valence-corrected chi connectivity index (χ3v) is 3.83. The summed E-state index contributed by atoms with van der Waals surface area (Å²) in [6.07, 6.45) is 9.53. The minimum atomic E-state index is -0.164. The van der Waals surface area contributed by atoms with Crippen molar-refractivity contribution in [2.75, 3.05) is 0 Å². The Morgan fingerprint density at radius 2 is 2.21 bits per heavy atom. The van der Waals surface area contributed by atoms with E-state index in [0.29, 0.717) is 12.3 Å². The second-order valence-corrected chi connectivity index (χ2v) is 5.08. The summed E-state index contributed by atoms with van der Waals surface area (Å²) in [5.74, 6) is 0.368. The molecule has 1 aliphatic heterocycles. The molecule has 2 amide bonds. The molecule has 1 saturated carbocycles. The molecule has 2 N–H and O–H groups in total. The molecule has 1 aliphatic carbocycles. The number of hydrogen-bond acceptors (Lipinski definition) is 4. The monoisotopic (exact) mass is 259 g/mol. The summed E-state index contributed by atoms with van der Waals surface area (Å²) in [4.78, 5) is 22.1. The second-order valence-electron chi connectivity index (χ2n) is 5.08. The van der Waals surface area contributed by atoms with Crippen LogP contribution in [-0.4, -0.2) is 32.8 Å². The van der Waals surface area contributed by atoms with Gasteiger partial charge in [0.25, 0.3) is 0 Å². The van der Waals surface area contributed by atoms with Crippen LogP contribution in [0.1, 0.15) is 43.8 Å². The molecule has 1 aromatic rings. The van der Waals surface area contributed by atoms with Crippen LogP contribution in [-0.2, 0) is 0 Å². The van der Waals surface area contributed by atoms with Crippen molar-refractivity contribution in [3.05, 3.63) is 24.3 Å². The van der Waals surface area contributed by atoms with Crippen molar-refractivity contribution in [2.45, 2.75) is 44.2 Å². The Kier molecular flexibility index (Phi) is 3.15. The highest BCUT2D eigenvalue weighted by molar-refractivity contribution is 5.98. The molecule has 0 spiro atoms. The lowest BCUT2D eigenvalue weighted by Gasteiger charge is -2.31. The molecule has 19 heavy (non-hydrogen) atoms. The number of rotatable bonds is 2. The van der Waals surface area contributed by atoms with Crippen LogP contribution in [0.15, 0.2) is 18.6 Å². The standard InChI is InChI=1S/C13H17N5O/c14-12-5-4-11(10-8-15-6-7-16-10)18(12)13(19)17-9-2-1-3-9/h6-9,11,14H,1-5H2,(H,17,19). The Morgan fingerprint density at radius 3 is 2.84 bits per heavy atom. The van der Waals surface area contributed by atoms with Crippen molar-refractivity contribution >= 4 is 11.9 Å². The van der Waals surface area contributed by atoms with Gasteiger partial charge < -0.3 is 5.32 Å². The van der Waals surface area contributed by atoms with E-state index in [4.69, 9.17) is 5.41 Å². The molecular weight excluding hydrogens is 242 g/mol. The van der Waals surface area contributed by atoms with Crippen molar-refractivity contribution in [1.29, 1.82) is 5.41 Å². The topological polar surface area (TPSA) is 82.0 Å². The Hall–Kier alpha value is -1.98. The summed E-state index contributed by atoms with van der Waals surface area (Å²) in [5, 5.41) is 10.9. The molecule has 1 atom stereocenters. The van der Waals surface area contributed by atoms with Gasteiger partial charge in [-0.15, -0.1) is 0 Å². The van der Waals surface area contributed by atoms with E-state index in [-0.39, 0.29) is 18.1 Å². The molecule has 1 aromatic heterocycles. The van der Waals surface area contributed by atoms with Gasteiger partial charge in [-0.25, -0.2) is 4.79 Å². The van der Waals surface area contributed by atoms with Gasteiger partial charge in [-0.3, -0.25) is 20.3 Å². The first kappa shape index (κ1) is 12.1. The van der Waals surface area contributed by atoms with Crippen molar-refractivity contribution in [2.24, 2.45) is 0 Å². The quantitative estimate of drug-likeness (QED) is 0.850. The fraction of sp³-hybridized carbons (Fsp3) is 0.538. The molecule has 1 unspecified atom stereocenters. The zero-order valence-corrected chi connectivity index (χ0v) is 10.7. The van der Waals surface area contributed by atoms with Crippen molar-refractivity contribution in [3.8, 4) is 0 Å². The largest absolute Gasteiger partial charge is 0.335 e. The van der Waals surface area contributed by atoms with Crippen LogP contribution in [0.4, 0.5) is 4.79 Å². The summed E-state index contributed by atoms with van der Waals surface area (Å²) in [6, 6.07) is -0.0347. The van der Waals surface area contributed by atoms with Gasteiger partial charge in [-0.05, 0) is 25.7 Å². The van der Waals surface area contributed by atoms with Gasteiger partial charge in [-0.1, -0.05) is 0 Å². The Balaban J connectivity index is 1.76. The summed E-state index contributed by atoms with van der Waals surface area (Å²) >= 11 is 0. The van der Waals surface area contributed by atoms with Gasteiger partial charge in [0.15, 0.2) is 0 Å². The third kappa shape index (κ3) is 2.30. The molecule has 2 aliphatic rings. The number of nitrogens with one attached hydrogen (secondary N) is 2. The number of aromatic nitrogens is 2. The fourth-order valence-corrected chi connectivity index (χ4v) is 2.53. The molecule has 100 valence electrons. The lowest BCUT2D eigenvalue weighted by molar-refractivity contribution is 0.199. The van der Waals surface area contributed by atoms with Crippen LogP contribution < -0.4 is 5.32 Å². The summed E-state index contributed by atoms with van der Waals surface area (Å²) < 4.78 is 0. The van der Waals surface area contributed by atoms with Gasteiger partial charge in [0.05, 0.1) is 17.9 Å². The molecule has 6 heteroatoms. The van der Waals surface area contributed by atoms with E-state index in [9.17, 15) is 4.79 Å². The zero-order chi connectivity index (χ0) is 13.2. The Morgan fingerprint density at radius 1 is 1.37 bits per heavy atom. The lowest BCUT2D eigenvalue weighted by Crippen LogP contribution is -2.48. The first-order chi connectivity index (χ1) is 9.25. The third-order valence-electron chi connectivity index (χ3n) is 3.83. The van der Waals surface area contributed by atoms with Gasteiger partial charge in [0.1, 0.15) is 5.84 Å². The molecule has 2 fully saturated rings. The fourth-order valence-electron chi connectivity index (χ4n) is 2.53. The normalized spacial score (nSPS) is 23.3. The van der Waals surface area contributed by atoms with E-state index in [1.165, 1.54) is 11.3 Å². The predicted octanol–water partition coefficient (Wildman–Crippen LogP) is 1.85. The highest BCUT2D eigenvalue weighted by Gasteiger charge is 2.36. The number of likely N-dealkylation sites (tertiary alicyclic amines) is 1. The van der Waals surface area contributed by atoms with Crippen molar-refractivity contribution in [1.82, 2.24) is 20.2 Å². The van der Waals surface area contributed by atoms with Gasteiger partial charge in [-0.2, -0.15) is 0 Å². The van der Waals surface area contributed by atoms with Crippen LogP contribution in [0.2, 0.25) is 0 Å². The minimum Gasteiger partial charge on any atom is -0.335 e. The first-order valence-electron chi connectivity index (χ1n) is 6.69.